The third kappa shape index (κ3) is 4.35. The Labute approximate surface area is 158 Å². The molecule has 0 aliphatic carbocycles. The number of aromatic nitrogens is 2. The average Bonchev–Trinajstić information content (AvgIpc) is 3.04. The zero-order valence-corrected chi connectivity index (χ0v) is 16.1. The summed E-state index contributed by atoms with van der Waals surface area (Å²) < 4.78 is 0. The number of pyridine rings is 1. The van der Waals surface area contributed by atoms with E-state index in [2.05, 4.69) is 41.3 Å². The van der Waals surface area contributed by atoms with Crippen LogP contribution >= 0.6 is 11.3 Å². The van der Waals surface area contributed by atoms with Crippen molar-refractivity contribution in [2.24, 2.45) is 5.92 Å². The summed E-state index contributed by atoms with van der Waals surface area (Å²) >= 11 is 1.39. The highest BCUT2D eigenvalue weighted by molar-refractivity contribution is 7.17. The summed E-state index contributed by atoms with van der Waals surface area (Å²) in [7, 11) is 0. The van der Waals surface area contributed by atoms with Crippen LogP contribution in [0, 0.1) is 12.8 Å². The van der Waals surface area contributed by atoms with Crippen molar-refractivity contribution in [3.05, 3.63) is 70.9 Å². The van der Waals surface area contributed by atoms with E-state index in [9.17, 15) is 4.79 Å². The molecule has 4 nitrogen and oxygen atoms in total. The number of rotatable bonds is 6. The minimum Gasteiger partial charge on any atom is -0.344 e. The highest BCUT2D eigenvalue weighted by Crippen LogP contribution is 2.28. The van der Waals surface area contributed by atoms with E-state index in [0.29, 0.717) is 10.8 Å². The first-order valence-electron chi connectivity index (χ1n) is 8.79. The summed E-state index contributed by atoms with van der Waals surface area (Å²) in [6.45, 7) is 6.20. The Balaban J connectivity index is 1.83. The van der Waals surface area contributed by atoms with Crippen LogP contribution in [0.15, 0.2) is 54.7 Å². The Hall–Kier alpha value is -2.53. The normalized spacial score (nSPS) is 12.2. The van der Waals surface area contributed by atoms with Gasteiger partial charge in [-0.15, -0.1) is 11.3 Å². The quantitative estimate of drug-likeness (QED) is 0.666. The molecule has 0 radical (unpaired) electrons. The molecule has 5 heteroatoms. The Bertz CT molecular complexity index is 859. The van der Waals surface area contributed by atoms with Crippen LogP contribution < -0.4 is 5.32 Å². The molecule has 0 saturated heterocycles. The highest BCUT2D eigenvalue weighted by Gasteiger charge is 2.21. The van der Waals surface area contributed by atoms with Gasteiger partial charge in [0.1, 0.15) is 9.88 Å². The van der Waals surface area contributed by atoms with Crippen molar-refractivity contribution >= 4 is 17.2 Å². The van der Waals surface area contributed by atoms with Crippen molar-refractivity contribution < 1.29 is 4.79 Å². The molecular weight excluding hydrogens is 342 g/mol. The van der Waals surface area contributed by atoms with Gasteiger partial charge in [-0.1, -0.05) is 50.2 Å². The van der Waals surface area contributed by atoms with Crippen LogP contribution in [-0.4, -0.2) is 15.9 Å². The van der Waals surface area contributed by atoms with Crippen LogP contribution in [-0.2, 0) is 0 Å². The summed E-state index contributed by atoms with van der Waals surface area (Å²) in [6, 6.07) is 15.8. The van der Waals surface area contributed by atoms with Gasteiger partial charge >= 0.3 is 0 Å². The smallest absolute Gasteiger partial charge is 0.263 e. The highest BCUT2D eigenvalue weighted by atomic mass is 32.1. The lowest BCUT2D eigenvalue weighted by Crippen LogP contribution is -2.29. The predicted octanol–water partition coefficient (Wildman–Crippen LogP) is 5.03. The molecule has 3 aromatic rings. The molecule has 2 aromatic heterocycles. The number of aryl methyl sites for hydroxylation is 1. The summed E-state index contributed by atoms with van der Waals surface area (Å²) in [4.78, 5) is 22.4. The van der Waals surface area contributed by atoms with E-state index in [1.807, 2.05) is 43.3 Å². The second-order valence-corrected chi connectivity index (χ2v) is 7.71. The van der Waals surface area contributed by atoms with Crippen molar-refractivity contribution in [2.75, 3.05) is 0 Å². The predicted molar refractivity (Wildman–Crippen MR) is 106 cm³/mol. The first-order valence-corrected chi connectivity index (χ1v) is 9.61. The zero-order chi connectivity index (χ0) is 18.5. The lowest BCUT2D eigenvalue weighted by atomic mass is 9.97. The van der Waals surface area contributed by atoms with Gasteiger partial charge in [-0.2, -0.15) is 0 Å². The van der Waals surface area contributed by atoms with Crippen molar-refractivity contribution in [2.45, 2.75) is 33.2 Å². The minimum absolute atomic E-state index is 0.0106. The van der Waals surface area contributed by atoms with Crippen molar-refractivity contribution in [3.63, 3.8) is 0 Å². The van der Waals surface area contributed by atoms with E-state index in [0.717, 1.165) is 28.4 Å². The molecule has 134 valence electrons. The molecule has 0 spiro atoms. The van der Waals surface area contributed by atoms with Gasteiger partial charge in [0.15, 0.2) is 0 Å². The molecular formula is C21H23N3OS. The van der Waals surface area contributed by atoms with E-state index in [1.54, 1.807) is 6.20 Å². The van der Waals surface area contributed by atoms with Crippen molar-refractivity contribution in [1.82, 2.24) is 15.3 Å². The molecule has 3 rings (SSSR count). The molecule has 26 heavy (non-hydrogen) atoms. The van der Waals surface area contributed by atoms with Gasteiger partial charge in [0, 0.05) is 6.20 Å². The number of thiazole rings is 1. The molecule has 1 atom stereocenters. The van der Waals surface area contributed by atoms with Gasteiger partial charge in [0.2, 0.25) is 0 Å². The van der Waals surface area contributed by atoms with Crippen LogP contribution in [0.4, 0.5) is 0 Å². The fourth-order valence-corrected chi connectivity index (χ4v) is 3.81. The van der Waals surface area contributed by atoms with Gasteiger partial charge < -0.3 is 5.32 Å². The number of nitrogens with one attached hydrogen (secondary N) is 1. The summed E-state index contributed by atoms with van der Waals surface area (Å²) in [5, 5.41) is 3.97. The van der Waals surface area contributed by atoms with Crippen LogP contribution in [0.5, 0.6) is 0 Å². The first-order chi connectivity index (χ1) is 12.5. The Morgan fingerprint density at radius 1 is 1.12 bits per heavy atom. The van der Waals surface area contributed by atoms with E-state index >= 15 is 0 Å². The maximum Gasteiger partial charge on any atom is 0.263 e. The van der Waals surface area contributed by atoms with Crippen molar-refractivity contribution in [1.29, 1.82) is 0 Å². The Kier molecular flexibility index (Phi) is 5.78. The number of benzene rings is 1. The topological polar surface area (TPSA) is 54.9 Å². The molecule has 1 aromatic carbocycles. The number of hydrogen-bond acceptors (Lipinski definition) is 4. The molecule has 0 aliphatic heterocycles. The van der Waals surface area contributed by atoms with Gasteiger partial charge in [-0.05, 0) is 37.0 Å². The average molecular weight is 366 g/mol. The molecule has 0 saturated carbocycles. The van der Waals surface area contributed by atoms with E-state index < -0.39 is 0 Å². The van der Waals surface area contributed by atoms with E-state index in [-0.39, 0.29) is 11.9 Å². The summed E-state index contributed by atoms with van der Waals surface area (Å²) in [5.41, 5.74) is 2.66. The SMILES string of the molecule is Cc1nc(-c2ccccn2)sc1C(=O)N[C@@H](CC(C)C)c1ccccc1. The largest absolute Gasteiger partial charge is 0.344 e. The van der Waals surface area contributed by atoms with E-state index in [1.165, 1.54) is 11.3 Å². The van der Waals surface area contributed by atoms with Crippen LogP contribution in [0.3, 0.4) is 0 Å². The molecule has 0 bridgehead atoms. The summed E-state index contributed by atoms with van der Waals surface area (Å²) in [5.74, 6) is 0.406. The monoisotopic (exact) mass is 365 g/mol. The maximum atomic E-state index is 12.9. The summed E-state index contributed by atoms with van der Waals surface area (Å²) in [6.07, 6.45) is 2.63. The number of carbonyl (C=O) groups is 1. The molecule has 0 unspecified atom stereocenters. The minimum atomic E-state index is -0.0725. The van der Waals surface area contributed by atoms with Gasteiger partial charge in [-0.25, -0.2) is 4.98 Å². The first kappa shape index (κ1) is 18.3. The number of amides is 1. The fourth-order valence-electron chi connectivity index (χ4n) is 2.86. The number of nitrogens with zero attached hydrogens (tertiary/aromatic N) is 2. The standard InChI is InChI=1S/C21H23N3OS/c1-14(2)13-18(16-9-5-4-6-10-16)24-20(25)19-15(3)23-21(26-19)17-11-7-8-12-22-17/h4-12,14,18H,13H2,1-3H3,(H,24,25)/t18-/m0/s1. The lowest BCUT2D eigenvalue weighted by molar-refractivity contribution is 0.0935. The van der Waals surface area contributed by atoms with Gasteiger partial charge in [-0.3, -0.25) is 9.78 Å². The fraction of sp³-hybridized carbons (Fsp3) is 0.286. The van der Waals surface area contributed by atoms with Crippen molar-refractivity contribution in [3.8, 4) is 10.7 Å². The molecule has 0 aliphatic rings. The van der Waals surface area contributed by atoms with Crippen LogP contribution in [0.1, 0.15) is 47.2 Å². The molecule has 1 N–H and O–H groups in total. The Morgan fingerprint density at radius 3 is 2.50 bits per heavy atom. The Morgan fingerprint density at radius 2 is 1.85 bits per heavy atom. The van der Waals surface area contributed by atoms with E-state index in [4.69, 9.17) is 0 Å². The third-order valence-corrected chi connectivity index (χ3v) is 5.28. The molecule has 1 amide bonds. The van der Waals surface area contributed by atoms with Gasteiger partial charge in [0.05, 0.1) is 17.4 Å². The second-order valence-electron chi connectivity index (χ2n) is 6.71. The number of hydrogen-bond donors (Lipinski definition) is 1. The second kappa shape index (κ2) is 8.23. The molecule has 2 heterocycles. The lowest BCUT2D eigenvalue weighted by Gasteiger charge is -2.21. The number of carbonyl (C=O) groups excluding carboxylic acids is 1. The zero-order valence-electron chi connectivity index (χ0n) is 15.3. The van der Waals surface area contributed by atoms with Crippen LogP contribution in [0.25, 0.3) is 10.7 Å². The molecule has 0 fully saturated rings. The maximum absolute atomic E-state index is 12.9. The van der Waals surface area contributed by atoms with Gasteiger partial charge in [0.25, 0.3) is 5.91 Å². The van der Waals surface area contributed by atoms with Crippen LogP contribution in [0.2, 0.25) is 0 Å². The third-order valence-electron chi connectivity index (χ3n) is 4.10.